The minimum atomic E-state index is -0.809. The summed E-state index contributed by atoms with van der Waals surface area (Å²) >= 11 is 0. The average Bonchev–Trinajstić information content (AvgIpc) is 3.02. The van der Waals surface area contributed by atoms with Crippen LogP contribution in [0.5, 0.6) is 0 Å². The number of carboxylic acids is 1. The summed E-state index contributed by atoms with van der Waals surface area (Å²) in [6, 6.07) is 0. The zero-order valence-electron chi connectivity index (χ0n) is 21.9. The quantitative estimate of drug-likeness (QED) is 0.439. The summed E-state index contributed by atoms with van der Waals surface area (Å²) in [5.74, 6) is 1.25. The first-order chi connectivity index (χ1) is 15.3. The lowest BCUT2D eigenvalue weighted by molar-refractivity contribution is -0.138. The first-order valence-corrected chi connectivity index (χ1v) is 13.1. The number of fused-ring (bicyclic) bond motifs is 5. The molecule has 4 rings (SSSR count). The molecule has 4 aliphatic carbocycles. The van der Waals surface area contributed by atoms with Gasteiger partial charge < -0.3 is 5.11 Å². The third-order valence-corrected chi connectivity index (χ3v) is 11.1. The molecule has 3 nitrogen and oxygen atoms in total. The fourth-order valence-corrected chi connectivity index (χ4v) is 8.61. The molecule has 2 fully saturated rings. The summed E-state index contributed by atoms with van der Waals surface area (Å²) in [4.78, 5) is 23.9. The number of ketones is 1. The van der Waals surface area contributed by atoms with Crippen molar-refractivity contribution in [2.75, 3.05) is 0 Å². The van der Waals surface area contributed by atoms with Crippen molar-refractivity contribution in [1.82, 2.24) is 0 Å². The second-order valence-corrected chi connectivity index (χ2v) is 12.9. The summed E-state index contributed by atoms with van der Waals surface area (Å²) in [5.41, 5.74) is 3.89. The Morgan fingerprint density at radius 1 is 1.15 bits per heavy atom. The van der Waals surface area contributed by atoms with Crippen molar-refractivity contribution in [3.05, 3.63) is 34.9 Å². The van der Waals surface area contributed by atoms with Crippen molar-refractivity contribution < 1.29 is 14.7 Å². The molecular formula is C30H44O3. The van der Waals surface area contributed by atoms with Gasteiger partial charge in [-0.2, -0.15) is 0 Å². The highest BCUT2D eigenvalue weighted by Crippen LogP contribution is 2.71. The van der Waals surface area contributed by atoms with Gasteiger partial charge in [-0.05, 0) is 97.0 Å². The molecule has 0 saturated heterocycles. The van der Waals surface area contributed by atoms with Gasteiger partial charge in [0.1, 0.15) is 5.78 Å². The number of carbonyl (C=O) groups is 2. The van der Waals surface area contributed by atoms with Crippen molar-refractivity contribution in [3.8, 4) is 0 Å². The van der Waals surface area contributed by atoms with Crippen LogP contribution >= 0.6 is 0 Å². The van der Waals surface area contributed by atoms with E-state index in [1.807, 2.05) is 6.08 Å². The molecule has 33 heavy (non-hydrogen) atoms. The summed E-state index contributed by atoms with van der Waals surface area (Å²) in [7, 11) is 0. The van der Waals surface area contributed by atoms with E-state index in [-0.39, 0.29) is 21.7 Å². The zero-order chi connectivity index (χ0) is 24.4. The first kappa shape index (κ1) is 24.5. The van der Waals surface area contributed by atoms with Gasteiger partial charge in [0, 0.05) is 17.4 Å². The monoisotopic (exact) mass is 452 g/mol. The second kappa shape index (κ2) is 7.95. The molecule has 3 heteroatoms. The highest BCUT2D eigenvalue weighted by atomic mass is 16.4. The van der Waals surface area contributed by atoms with Crippen LogP contribution in [-0.2, 0) is 9.59 Å². The predicted molar refractivity (Wildman–Crippen MR) is 134 cm³/mol. The van der Waals surface area contributed by atoms with Gasteiger partial charge in [-0.1, -0.05) is 59.8 Å². The van der Waals surface area contributed by atoms with Crippen molar-refractivity contribution in [1.29, 1.82) is 0 Å². The Morgan fingerprint density at radius 2 is 1.85 bits per heavy atom. The van der Waals surface area contributed by atoms with E-state index in [1.165, 1.54) is 12.8 Å². The number of Topliss-reactive ketones (excluding diaryl/α,β-unsaturated/α-hetero) is 1. The Bertz CT molecular complexity index is 950. The Kier molecular flexibility index (Phi) is 5.90. The fourth-order valence-electron chi connectivity index (χ4n) is 8.61. The van der Waals surface area contributed by atoms with Gasteiger partial charge >= 0.3 is 5.97 Å². The Morgan fingerprint density at radius 3 is 2.52 bits per heavy atom. The lowest BCUT2D eigenvalue weighted by atomic mass is 9.44. The van der Waals surface area contributed by atoms with Gasteiger partial charge in [-0.3, -0.25) is 4.79 Å². The van der Waals surface area contributed by atoms with Crippen LogP contribution in [0.3, 0.4) is 0 Å². The minimum Gasteiger partial charge on any atom is -0.478 e. The van der Waals surface area contributed by atoms with Crippen LogP contribution < -0.4 is 0 Å². The smallest absolute Gasteiger partial charge is 0.330 e. The molecular weight excluding hydrogens is 408 g/mol. The van der Waals surface area contributed by atoms with Gasteiger partial charge in [0.15, 0.2) is 0 Å². The molecule has 0 heterocycles. The van der Waals surface area contributed by atoms with Crippen molar-refractivity contribution in [3.63, 3.8) is 0 Å². The molecule has 0 aromatic heterocycles. The number of hydrogen-bond acceptors (Lipinski definition) is 2. The Labute approximate surface area is 200 Å². The van der Waals surface area contributed by atoms with Crippen LogP contribution in [0.2, 0.25) is 0 Å². The first-order valence-electron chi connectivity index (χ1n) is 13.1. The Hall–Kier alpha value is -1.64. The topological polar surface area (TPSA) is 54.4 Å². The molecule has 0 aromatic rings. The third kappa shape index (κ3) is 3.43. The maximum Gasteiger partial charge on any atom is 0.330 e. The number of aliphatic carboxylic acids is 1. The lowest BCUT2D eigenvalue weighted by Gasteiger charge is -2.59. The maximum absolute atomic E-state index is 12.8. The predicted octanol–water partition coefficient (Wildman–Crippen LogP) is 7.53. The summed E-state index contributed by atoms with van der Waals surface area (Å²) in [6.45, 7) is 15.9. The molecule has 182 valence electrons. The number of carboxylic acid groups (broad SMARTS) is 1. The second-order valence-electron chi connectivity index (χ2n) is 12.9. The van der Waals surface area contributed by atoms with Gasteiger partial charge in [0.05, 0.1) is 0 Å². The molecule has 4 aliphatic rings. The van der Waals surface area contributed by atoms with E-state index in [2.05, 4.69) is 53.7 Å². The van der Waals surface area contributed by atoms with Crippen LogP contribution in [0.4, 0.5) is 0 Å². The van der Waals surface area contributed by atoms with Crippen LogP contribution in [0.15, 0.2) is 34.9 Å². The molecule has 2 saturated carbocycles. The summed E-state index contributed by atoms with van der Waals surface area (Å²) in [5, 5.41) is 9.15. The molecule has 0 spiro atoms. The van der Waals surface area contributed by atoms with Crippen LogP contribution in [-0.4, -0.2) is 16.9 Å². The van der Waals surface area contributed by atoms with E-state index in [0.717, 1.165) is 32.1 Å². The molecule has 0 aliphatic heterocycles. The van der Waals surface area contributed by atoms with Crippen LogP contribution in [0, 0.1) is 39.4 Å². The molecule has 0 radical (unpaired) electrons. The molecule has 0 bridgehead atoms. The summed E-state index contributed by atoms with van der Waals surface area (Å²) < 4.78 is 0. The average molecular weight is 453 g/mol. The zero-order valence-corrected chi connectivity index (χ0v) is 21.9. The van der Waals surface area contributed by atoms with Gasteiger partial charge in [-0.25, -0.2) is 4.79 Å². The van der Waals surface area contributed by atoms with E-state index in [0.29, 0.717) is 35.5 Å². The molecule has 0 aromatic carbocycles. The van der Waals surface area contributed by atoms with Gasteiger partial charge in [0.25, 0.3) is 0 Å². The fraction of sp³-hybridized carbons (Fsp3) is 0.733. The highest BCUT2D eigenvalue weighted by Gasteiger charge is 2.63. The maximum atomic E-state index is 12.8. The number of allylic oxidation sites excluding steroid dienone is 5. The van der Waals surface area contributed by atoms with Crippen LogP contribution in [0.1, 0.15) is 99.8 Å². The van der Waals surface area contributed by atoms with Gasteiger partial charge in [0.2, 0.25) is 0 Å². The summed E-state index contributed by atoms with van der Waals surface area (Å²) in [6.07, 6.45) is 15.2. The number of carbonyl (C=O) groups excluding carboxylic acids is 1. The molecule has 0 amide bonds. The normalized spacial score (nSPS) is 40.8. The minimum absolute atomic E-state index is 0.106. The third-order valence-electron chi connectivity index (χ3n) is 11.1. The Balaban J connectivity index is 1.62. The van der Waals surface area contributed by atoms with Crippen molar-refractivity contribution in [2.24, 2.45) is 39.4 Å². The van der Waals surface area contributed by atoms with E-state index in [1.54, 1.807) is 18.1 Å². The number of rotatable bonds is 5. The van der Waals surface area contributed by atoms with Crippen molar-refractivity contribution in [2.45, 2.75) is 99.8 Å². The van der Waals surface area contributed by atoms with E-state index < -0.39 is 5.97 Å². The molecule has 1 N–H and O–H groups in total. The highest BCUT2D eigenvalue weighted by molar-refractivity contribution is 5.86. The van der Waals surface area contributed by atoms with E-state index in [9.17, 15) is 9.59 Å². The van der Waals surface area contributed by atoms with E-state index >= 15 is 0 Å². The molecule has 1 unspecified atom stereocenters. The largest absolute Gasteiger partial charge is 0.478 e. The standard InChI is InChI=1S/C30H44O3/c1-19(9-8-10-20(2)26(32)33)21-13-17-30(7)23-11-12-24-27(3,4)25(31)15-16-28(24,5)22(23)14-18-29(21,30)6/h10-11,14,19,21,24H,8-9,12-13,15-18H2,1-7H3,(H,32,33)/b20-10+/t19-,21-,24?,28-,29-,30+/m1/s1. The van der Waals surface area contributed by atoms with Crippen molar-refractivity contribution >= 4 is 11.8 Å². The molecule has 6 atom stereocenters. The van der Waals surface area contributed by atoms with E-state index in [4.69, 9.17) is 5.11 Å². The number of hydrogen-bond donors (Lipinski definition) is 1. The van der Waals surface area contributed by atoms with Gasteiger partial charge in [-0.15, -0.1) is 0 Å². The SMILES string of the molecule is C/C(=C\CC[C@@H](C)[C@H]1CC[C@@]2(C)C3=CCC4C(C)(C)C(=O)CC[C@]4(C)C3=CC[C@]12C)C(=O)O. The lowest BCUT2D eigenvalue weighted by Crippen LogP contribution is -2.53. The van der Waals surface area contributed by atoms with Crippen LogP contribution in [0.25, 0.3) is 0 Å².